The molecular formula is C19H26N2O4. The number of hydrogen-bond donors (Lipinski definition) is 1. The van der Waals surface area contributed by atoms with Crippen molar-refractivity contribution in [1.82, 2.24) is 4.90 Å². The van der Waals surface area contributed by atoms with Crippen LogP contribution in [0.1, 0.15) is 12.8 Å². The monoisotopic (exact) mass is 346 g/mol. The van der Waals surface area contributed by atoms with E-state index in [0.717, 1.165) is 50.9 Å². The number of nitrogens with zero attached hydrogens (tertiary/aromatic N) is 2. The molecule has 1 aromatic rings. The Morgan fingerprint density at radius 1 is 1.16 bits per heavy atom. The smallest absolute Gasteiger partial charge is 0.231 e. The molecule has 0 unspecified atom stereocenters. The zero-order valence-electron chi connectivity index (χ0n) is 14.5. The number of benzene rings is 1. The second-order valence-corrected chi connectivity index (χ2v) is 7.92. The third-order valence-corrected chi connectivity index (χ3v) is 6.56. The van der Waals surface area contributed by atoms with Gasteiger partial charge < -0.3 is 24.2 Å². The fourth-order valence-corrected chi connectivity index (χ4v) is 4.95. The first-order chi connectivity index (χ1) is 12.3. The van der Waals surface area contributed by atoms with Gasteiger partial charge in [0.05, 0.1) is 19.8 Å². The van der Waals surface area contributed by atoms with Crippen molar-refractivity contribution in [3.63, 3.8) is 0 Å². The van der Waals surface area contributed by atoms with Gasteiger partial charge in [-0.05, 0) is 25.0 Å². The van der Waals surface area contributed by atoms with E-state index in [1.165, 1.54) is 18.5 Å². The molecule has 6 heteroatoms. The van der Waals surface area contributed by atoms with Crippen LogP contribution in [0.2, 0.25) is 0 Å². The summed E-state index contributed by atoms with van der Waals surface area (Å²) >= 11 is 0. The number of aliphatic hydroxyl groups is 1. The number of piperidine rings is 1. The zero-order valence-corrected chi connectivity index (χ0v) is 14.5. The molecule has 4 aliphatic rings. The quantitative estimate of drug-likeness (QED) is 0.891. The molecule has 4 heterocycles. The molecule has 3 fully saturated rings. The van der Waals surface area contributed by atoms with Gasteiger partial charge >= 0.3 is 0 Å². The maximum Gasteiger partial charge on any atom is 0.231 e. The van der Waals surface area contributed by atoms with Gasteiger partial charge in [0.1, 0.15) is 0 Å². The molecule has 25 heavy (non-hydrogen) atoms. The second-order valence-electron chi connectivity index (χ2n) is 7.92. The predicted molar refractivity (Wildman–Crippen MR) is 93.2 cm³/mol. The summed E-state index contributed by atoms with van der Waals surface area (Å²) in [5.41, 5.74) is 1.22. The summed E-state index contributed by atoms with van der Waals surface area (Å²) in [6.07, 6.45) is 2.34. The van der Waals surface area contributed by atoms with Crippen molar-refractivity contribution in [2.75, 3.05) is 57.7 Å². The molecule has 0 aliphatic carbocycles. The van der Waals surface area contributed by atoms with Crippen LogP contribution in [0.5, 0.6) is 11.5 Å². The molecule has 3 saturated heterocycles. The molecule has 0 spiro atoms. The maximum atomic E-state index is 9.87. The molecule has 2 atom stereocenters. The summed E-state index contributed by atoms with van der Waals surface area (Å²) < 4.78 is 16.5. The minimum Gasteiger partial charge on any atom is -0.454 e. The first kappa shape index (κ1) is 15.7. The zero-order chi connectivity index (χ0) is 16.9. The standard InChI is InChI=1S/C19H26N2O4/c22-11-19-10-21(8-14(19)9-23-12-19)15-3-5-20(6-4-15)16-1-2-17-18(7-16)25-13-24-17/h1-2,7,14-15,22H,3-6,8-13H2/t14-,19-/m0/s1. The molecule has 0 bridgehead atoms. The lowest BCUT2D eigenvalue weighted by Crippen LogP contribution is -2.45. The molecule has 0 radical (unpaired) electrons. The van der Waals surface area contributed by atoms with Crippen molar-refractivity contribution in [2.45, 2.75) is 18.9 Å². The first-order valence-corrected chi connectivity index (χ1v) is 9.35. The van der Waals surface area contributed by atoms with Crippen LogP contribution in [0.3, 0.4) is 0 Å². The Morgan fingerprint density at radius 3 is 2.80 bits per heavy atom. The van der Waals surface area contributed by atoms with E-state index < -0.39 is 0 Å². The van der Waals surface area contributed by atoms with Crippen LogP contribution in [0, 0.1) is 11.3 Å². The minimum absolute atomic E-state index is 0.00550. The van der Waals surface area contributed by atoms with Gasteiger partial charge in [-0.3, -0.25) is 4.90 Å². The lowest BCUT2D eigenvalue weighted by molar-refractivity contribution is 0.0699. The first-order valence-electron chi connectivity index (χ1n) is 9.35. The molecule has 1 aromatic carbocycles. The lowest BCUT2D eigenvalue weighted by atomic mass is 9.82. The summed E-state index contributed by atoms with van der Waals surface area (Å²) in [7, 11) is 0. The minimum atomic E-state index is -0.00550. The highest BCUT2D eigenvalue weighted by Crippen LogP contribution is 2.43. The van der Waals surface area contributed by atoms with Gasteiger partial charge in [0.2, 0.25) is 6.79 Å². The van der Waals surface area contributed by atoms with Gasteiger partial charge in [0, 0.05) is 55.3 Å². The van der Waals surface area contributed by atoms with Crippen molar-refractivity contribution in [2.24, 2.45) is 11.3 Å². The van der Waals surface area contributed by atoms with Crippen LogP contribution in [0.15, 0.2) is 18.2 Å². The molecular weight excluding hydrogens is 320 g/mol. The Kier molecular flexibility index (Phi) is 3.80. The van der Waals surface area contributed by atoms with Gasteiger partial charge in [-0.1, -0.05) is 0 Å². The molecule has 0 amide bonds. The number of rotatable bonds is 3. The van der Waals surface area contributed by atoms with Gasteiger partial charge in [-0.15, -0.1) is 0 Å². The summed E-state index contributed by atoms with van der Waals surface area (Å²) in [5, 5.41) is 9.87. The van der Waals surface area contributed by atoms with Crippen molar-refractivity contribution < 1.29 is 19.3 Å². The predicted octanol–water partition coefficient (Wildman–Crippen LogP) is 1.32. The highest BCUT2D eigenvalue weighted by Gasteiger charge is 2.51. The average Bonchev–Trinajstić information content (AvgIpc) is 3.35. The largest absolute Gasteiger partial charge is 0.454 e. The highest BCUT2D eigenvalue weighted by atomic mass is 16.7. The SMILES string of the molecule is OC[C@@]12COC[C@@H]1CN(C1CCN(c3ccc4c(c3)OCO4)CC1)C2. The number of hydrogen-bond acceptors (Lipinski definition) is 6. The van der Waals surface area contributed by atoms with Crippen LogP contribution < -0.4 is 14.4 Å². The molecule has 6 nitrogen and oxygen atoms in total. The van der Waals surface area contributed by atoms with Crippen LogP contribution in [0.4, 0.5) is 5.69 Å². The van der Waals surface area contributed by atoms with E-state index in [4.69, 9.17) is 14.2 Å². The number of fused-ring (bicyclic) bond motifs is 2. The van der Waals surface area contributed by atoms with Gasteiger partial charge in [0.25, 0.3) is 0 Å². The Labute approximate surface area is 148 Å². The molecule has 1 N–H and O–H groups in total. The third kappa shape index (κ3) is 2.58. The summed E-state index contributed by atoms with van der Waals surface area (Å²) in [6.45, 7) is 6.31. The fraction of sp³-hybridized carbons (Fsp3) is 0.684. The van der Waals surface area contributed by atoms with E-state index in [-0.39, 0.29) is 12.0 Å². The van der Waals surface area contributed by atoms with Crippen LogP contribution >= 0.6 is 0 Å². The number of ether oxygens (including phenoxy) is 3. The molecule has 0 aromatic heterocycles. The normalized spacial score (nSPS) is 32.4. The topological polar surface area (TPSA) is 54.4 Å². The van der Waals surface area contributed by atoms with E-state index in [1.54, 1.807) is 0 Å². The van der Waals surface area contributed by atoms with E-state index in [1.807, 2.05) is 6.07 Å². The summed E-state index contributed by atoms with van der Waals surface area (Å²) in [6, 6.07) is 6.86. The summed E-state index contributed by atoms with van der Waals surface area (Å²) in [5.74, 6) is 2.21. The van der Waals surface area contributed by atoms with Crippen LogP contribution in [-0.2, 0) is 4.74 Å². The van der Waals surface area contributed by atoms with Crippen molar-refractivity contribution in [1.29, 1.82) is 0 Å². The number of anilines is 1. The van der Waals surface area contributed by atoms with E-state index >= 15 is 0 Å². The Hall–Kier alpha value is -1.50. The average molecular weight is 346 g/mol. The lowest BCUT2D eigenvalue weighted by Gasteiger charge is -2.38. The van der Waals surface area contributed by atoms with Gasteiger partial charge in [-0.2, -0.15) is 0 Å². The third-order valence-electron chi connectivity index (χ3n) is 6.56. The Balaban J connectivity index is 1.22. The Morgan fingerprint density at radius 2 is 2.00 bits per heavy atom. The fourth-order valence-electron chi connectivity index (χ4n) is 4.95. The van der Waals surface area contributed by atoms with Gasteiger partial charge in [-0.25, -0.2) is 0 Å². The van der Waals surface area contributed by atoms with Gasteiger partial charge in [0.15, 0.2) is 11.5 Å². The van der Waals surface area contributed by atoms with Crippen molar-refractivity contribution >= 4 is 5.69 Å². The second kappa shape index (κ2) is 6.04. The number of likely N-dealkylation sites (tertiary alicyclic amines) is 1. The highest BCUT2D eigenvalue weighted by molar-refractivity contribution is 5.57. The van der Waals surface area contributed by atoms with E-state index in [0.29, 0.717) is 18.8 Å². The van der Waals surface area contributed by atoms with Crippen LogP contribution in [-0.4, -0.2) is 68.8 Å². The van der Waals surface area contributed by atoms with E-state index in [2.05, 4.69) is 21.9 Å². The van der Waals surface area contributed by atoms with Crippen molar-refractivity contribution in [3.8, 4) is 11.5 Å². The molecule has 136 valence electrons. The van der Waals surface area contributed by atoms with E-state index in [9.17, 15) is 5.11 Å². The molecule has 5 rings (SSSR count). The Bertz CT molecular complexity index is 646. The molecule has 0 saturated carbocycles. The van der Waals surface area contributed by atoms with Crippen LogP contribution in [0.25, 0.3) is 0 Å². The van der Waals surface area contributed by atoms with Crippen molar-refractivity contribution in [3.05, 3.63) is 18.2 Å². The number of aliphatic hydroxyl groups excluding tert-OH is 1. The summed E-state index contributed by atoms with van der Waals surface area (Å²) in [4.78, 5) is 5.06. The molecule has 4 aliphatic heterocycles. The maximum absolute atomic E-state index is 9.87.